The molecule has 2 aromatic rings. The number of rotatable bonds is 2. The molecule has 7 heteroatoms. The van der Waals surface area contributed by atoms with E-state index in [1.54, 1.807) is 0 Å². The lowest BCUT2D eigenvalue weighted by Gasteiger charge is -2.05. The van der Waals surface area contributed by atoms with Crippen molar-refractivity contribution in [1.29, 1.82) is 0 Å². The third-order valence-electron chi connectivity index (χ3n) is 1.94. The number of nitrogens with one attached hydrogen (secondary N) is 1. The van der Waals surface area contributed by atoms with Crippen LogP contribution in [0, 0.1) is 0 Å². The fourth-order valence-electron chi connectivity index (χ4n) is 1.27. The van der Waals surface area contributed by atoms with Crippen LogP contribution < -0.4 is 0 Å². The minimum Gasteiger partial charge on any atom is -0.744 e. The van der Waals surface area contributed by atoms with Crippen molar-refractivity contribution in [3.63, 3.8) is 0 Å². The SMILES string of the molecule is O=S(=O)([O-])c1ccc2nc(CO)[nH]c2c1. The second-order valence-electron chi connectivity index (χ2n) is 2.97. The molecule has 0 saturated heterocycles. The Kier molecular flexibility index (Phi) is 2.22. The maximum atomic E-state index is 10.7. The van der Waals surface area contributed by atoms with E-state index in [2.05, 4.69) is 9.97 Å². The average Bonchev–Trinajstić information content (AvgIpc) is 2.57. The summed E-state index contributed by atoms with van der Waals surface area (Å²) in [5, 5.41) is 8.79. The lowest BCUT2D eigenvalue weighted by molar-refractivity contribution is 0.273. The highest BCUT2D eigenvalue weighted by Crippen LogP contribution is 2.16. The molecular weight excluding hydrogens is 220 g/mol. The van der Waals surface area contributed by atoms with Crippen molar-refractivity contribution in [2.24, 2.45) is 0 Å². The number of imidazole rings is 1. The number of fused-ring (bicyclic) bond motifs is 1. The van der Waals surface area contributed by atoms with Gasteiger partial charge in [0.25, 0.3) is 0 Å². The molecule has 0 radical (unpaired) electrons. The van der Waals surface area contributed by atoms with Crippen molar-refractivity contribution in [3.05, 3.63) is 24.0 Å². The van der Waals surface area contributed by atoms with E-state index in [1.807, 2.05) is 0 Å². The Morgan fingerprint density at radius 1 is 1.47 bits per heavy atom. The molecule has 0 unspecified atom stereocenters. The van der Waals surface area contributed by atoms with Gasteiger partial charge in [0.15, 0.2) is 0 Å². The monoisotopic (exact) mass is 227 g/mol. The molecule has 80 valence electrons. The van der Waals surface area contributed by atoms with E-state index < -0.39 is 10.1 Å². The first-order valence-corrected chi connectivity index (χ1v) is 5.47. The Bertz CT molecular complexity index is 602. The fraction of sp³-hybridized carbons (Fsp3) is 0.125. The molecule has 0 spiro atoms. The molecule has 0 amide bonds. The molecule has 0 saturated carbocycles. The summed E-state index contributed by atoms with van der Waals surface area (Å²) in [5.41, 5.74) is 0.919. The molecular formula is C8H7N2O4S-. The second kappa shape index (κ2) is 3.30. The number of nitrogens with zero attached hydrogens (tertiary/aromatic N) is 1. The summed E-state index contributed by atoms with van der Waals surface area (Å²) >= 11 is 0. The topological polar surface area (TPSA) is 106 Å². The number of hydrogen-bond acceptors (Lipinski definition) is 5. The van der Waals surface area contributed by atoms with Gasteiger partial charge in [-0.25, -0.2) is 13.4 Å². The zero-order valence-electron chi connectivity index (χ0n) is 7.47. The predicted molar refractivity (Wildman–Crippen MR) is 50.0 cm³/mol. The number of aliphatic hydroxyl groups is 1. The Morgan fingerprint density at radius 3 is 2.80 bits per heavy atom. The maximum absolute atomic E-state index is 10.7. The molecule has 0 aliphatic rings. The number of aromatic nitrogens is 2. The maximum Gasteiger partial charge on any atom is 0.133 e. The molecule has 0 fully saturated rings. The van der Waals surface area contributed by atoms with Crippen molar-refractivity contribution < 1.29 is 18.1 Å². The van der Waals surface area contributed by atoms with Gasteiger partial charge < -0.3 is 14.6 Å². The van der Waals surface area contributed by atoms with Crippen molar-refractivity contribution >= 4 is 21.2 Å². The highest BCUT2D eigenvalue weighted by atomic mass is 32.2. The fourth-order valence-corrected chi connectivity index (χ4v) is 1.77. The number of hydrogen-bond donors (Lipinski definition) is 2. The van der Waals surface area contributed by atoms with Gasteiger partial charge in [0.05, 0.1) is 15.9 Å². The van der Waals surface area contributed by atoms with E-state index in [-0.39, 0.29) is 11.5 Å². The first kappa shape index (κ1) is 10.1. The Hall–Kier alpha value is -1.44. The normalized spacial score (nSPS) is 12.1. The van der Waals surface area contributed by atoms with Crippen molar-refractivity contribution in [3.8, 4) is 0 Å². The van der Waals surface area contributed by atoms with Crippen molar-refractivity contribution in [2.45, 2.75) is 11.5 Å². The first-order valence-electron chi connectivity index (χ1n) is 4.06. The molecule has 0 aliphatic heterocycles. The molecule has 2 N–H and O–H groups in total. The van der Waals surface area contributed by atoms with Gasteiger partial charge in [0.2, 0.25) is 0 Å². The number of aliphatic hydroxyl groups excluding tert-OH is 1. The minimum absolute atomic E-state index is 0.270. The van der Waals surface area contributed by atoms with E-state index in [0.717, 1.165) is 0 Å². The number of benzene rings is 1. The Morgan fingerprint density at radius 2 is 2.20 bits per heavy atom. The molecule has 6 nitrogen and oxygen atoms in total. The molecule has 0 aliphatic carbocycles. The number of H-pyrrole nitrogens is 1. The van der Waals surface area contributed by atoms with E-state index in [1.165, 1.54) is 18.2 Å². The van der Waals surface area contributed by atoms with Crippen LogP contribution in [0.3, 0.4) is 0 Å². The lowest BCUT2D eigenvalue weighted by atomic mass is 10.3. The molecule has 1 heterocycles. The van der Waals surface area contributed by atoms with Gasteiger partial charge in [-0.15, -0.1) is 0 Å². The van der Waals surface area contributed by atoms with Crippen LogP contribution in [-0.2, 0) is 16.7 Å². The van der Waals surface area contributed by atoms with Crippen LogP contribution >= 0.6 is 0 Å². The summed E-state index contributed by atoms with van der Waals surface area (Å²) < 4.78 is 32.1. The van der Waals surface area contributed by atoms with Gasteiger partial charge in [0, 0.05) is 0 Å². The molecule has 15 heavy (non-hydrogen) atoms. The van der Waals surface area contributed by atoms with Crippen LogP contribution in [0.25, 0.3) is 11.0 Å². The Balaban J connectivity index is 2.66. The van der Waals surface area contributed by atoms with Crippen LogP contribution in [0.5, 0.6) is 0 Å². The Labute approximate surface area is 85.3 Å². The van der Waals surface area contributed by atoms with Gasteiger partial charge in [-0.1, -0.05) is 0 Å². The summed E-state index contributed by atoms with van der Waals surface area (Å²) in [6, 6.07) is 3.80. The van der Waals surface area contributed by atoms with Crippen LogP contribution in [0.4, 0.5) is 0 Å². The third kappa shape index (κ3) is 1.84. The van der Waals surface area contributed by atoms with E-state index >= 15 is 0 Å². The standard InChI is InChI=1S/C8H8N2O4S/c11-4-8-9-6-2-1-5(15(12,13)14)3-7(6)10-8/h1-3,11H,4H2,(H,9,10)(H,12,13,14)/p-1. The average molecular weight is 227 g/mol. The van der Waals surface area contributed by atoms with Gasteiger partial charge >= 0.3 is 0 Å². The van der Waals surface area contributed by atoms with E-state index in [0.29, 0.717) is 16.9 Å². The van der Waals surface area contributed by atoms with Gasteiger partial charge in [-0.05, 0) is 18.2 Å². The summed E-state index contributed by atoms with van der Waals surface area (Å²) in [5.74, 6) is 0.324. The zero-order chi connectivity index (χ0) is 11.1. The summed E-state index contributed by atoms with van der Waals surface area (Å²) in [7, 11) is -4.45. The smallest absolute Gasteiger partial charge is 0.133 e. The third-order valence-corrected chi connectivity index (χ3v) is 2.77. The molecule has 1 aromatic heterocycles. The van der Waals surface area contributed by atoms with Gasteiger partial charge in [-0.2, -0.15) is 0 Å². The van der Waals surface area contributed by atoms with Crippen LogP contribution in [0.2, 0.25) is 0 Å². The van der Waals surface area contributed by atoms with E-state index in [4.69, 9.17) is 5.11 Å². The van der Waals surface area contributed by atoms with Crippen LogP contribution in [0.15, 0.2) is 23.1 Å². The molecule has 0 bridgehead atoms. The van der Waals surface area contributed by atoms with Crippen LogP contribution in [0.1, 0.15) is 5.82 Å². The minimum atomic E-state index is -4.45. The number of aromatic amines is 1. The molecule has 1 aromatic carbocycles. The largest absolute Gasteiger partial charge is 0.744 e. The van der Waals surface area contributed by atoms with Crippen LogP contribution in [-0.4, -0.2) is 28.0 Å². The summed E-state index contributed by atoms with van der Waals surface area (Å²) in [4.78, 5) is 6.33. The second-order valence-corrected chi connectivity index (χ2v) is 4.35. The molecule has 2 rings (SSSR count). The lowest BCUT2D eigenvalue weighted by Crippen LogP contribution is -1.97. The van der Waals surface area contributed by atoms with Crippen molar-refractivity contribution in [2.75, 3.05) is 0 Å². The van der Waals surface area contributed by atoms with Gasteiger partial charge in [0.1, 0.15) is 22.5 Å². The summed E-state index contributed by atoms with van der Waals surface area (Å²) in [6.45, 7) is -0.270. The first-order chi connectivity index (χ1) is 7.00. The van der Waals surface area contributed by atoms with E-state index in [9.17, 15) is 13.0 Å². The summed E-state index contributed by atoms with van der Waals surface area (Å²) in [6.07, 6.45) is 0. The molecule has 0 atom stereocenters. The van der Waals surface area contributed by atoms with Gasteiger partial charge in [-0.3, -0.25) is 0 Å². The van der Waals surface area contributed by atoms with Crippen molar-refractivity contribution in [1.82, 2.24) is 9.97 Å². The predicted octanol–water partition coefficient (Wildman–Crippen LogP) is -0.0407. The zero-order valence-corrected chi connectivity index (χ0v) is 8.28. The highest BCUT2D eigenvalue weighted by Gasteiger charge is 2.06. The quantitative estimate of drug-likeness (QED) is 0.700. The highest BCUT2D eigenvalue weighted by molar-refractivity contribution is 7.85.